The summed E-state index contributed by atoms with van der Waals surface area (Å²) in [6, 6.07) is 0. The number of fused-ring (bicyclic) bond motifs is 7. The number of carbonyl (C=O) groups excluding carboxylic acids is 1. The summed E-state index contributed by atoms with van der Waals surface area (Å²) in [4.78, 5) is 14.1. The molecule has 5 aliphatic carbocycles. The SMILES string of the molecule is CC1(C)CC[C@]2(CO)CC[C@]3(C)C(=CC[C@@H]4[C@@]5(C)C[C@H](O)[C@H](O)[C@@](C)(C(=O)O[C@@H]6OC[C@H](O)[C@H](O)[C@H]6O)[C@@H]5[C@H](O)C[C@]43C)[C@H]2C1. The maximum absolute atomic E-state index is 14.1. The summed E-state index contributed by atoms with van der Waals surface area (Å²) < 4.78 is 10.9. The lowest BCUT2D eigenvalue weighted by atomic mass is 9.33. The van der Waals surface area contributed by atoms with Gasteiger partial charge in [0.25, 0.3) is 0 Å². The topological polar surface area (TPSA) is 177 Å². The lowest BCUT2D eigenvalue weighted by Gasteiger charge is -2.72. The van der Waals surface area contributed by atoms with E-state index in [4.69, 9.17) is 9.47 Å². The van der Waals surface area contributed by atoms with E-state index < -0.39 is 65.6 Å². The van der Waals surface area contributed by atoms with Gasteiger partial charge in [0.1, 0.15) is 18.3 Å². The lowest BCUT2D eigenvalue weighted by molar-refractivity contribution is -0.291. The van der Waals surface area contributed by atoms with Crippen LogP contribution in [0.5, 0.6) is 0 Å². The molecule has 0 amide bonds. The quantitative estimate of drug-likeness (QED) is 0.179. The van der Waals surface area contributed by atoms with E-state index in [2.05, 4.69) is 33.8 Å². The van der Waals surface area contributed by atoms with Gasteiger partial charge in [-0.05, 0) is 91.8 Å². The average Bonchev–Trinajstić information content (AvgIpc) is 2.96. The second kappa shape index (κ2) is 10.7. The maximum atomic E-state index is 14.1. The Morgan fingerprint density at radius 2 is 1.53 bits per heavy atom. The number of allylic oxidation sites excluding steroid dienone is 2. The van der Waals surface area contributed by atoms with Gasteiger partial charge in [-0.3, -0.25) is 4.79 Å². The Labute approximate surface area is 266 Å². The minimum Gasteiger partial charge on any atom is -0.432 e. The van der Waals surface area contributed by atoms with Crippen molar-refractivity contribution >= 4 is 5.97 Å². The molecule has 5 fully saturated rings. The normalized spacial score (nSPS) is 55.7. The van der Waals surface area contributed by atoms with Crippen LogP contribution in [0.25, 0.3) is 0 Å². The molecule has 0 bridgehead atoms. The first kappa shape index (κ1) is 33.8. The zero-order valence-corrected chi connectivity index (χ0v) is 27.8. The van der Waals surface area contributed by atoms with Crippen molar-refractivity contribution in [2.24, 2.45) is 50.2 Å². The summed E-state index contributed by atoms with van der Waals surface area (Å²) in [5.41, 5.74) is -1.76. The summed E-state index contributed by atoms with van der Waals surface area (Å²) in [7, 11) is 0. The van der Waals surface area contributed by atoms with E-state index in [1.54, 1.807) is 0 Å². The van der Waals surface area contributed by atoms with Crippen LogP contribution in [0.3, 0.4) is 0 Å². The van der Waals surface area contributed by atoms with Crippen LogP contribution in [0, 0.1) is 50.2 Å². The van der Waals surface area contributed by atoms with Crippen LogP contribution in [-0.4, -0.2) is 97.8 Å². The third-order valence-electron chi connectivity index (χ3n) is 14.8. The Morgan fingerprint density at radius 3 is 2.20 bits per heavy atom. The first-order chi connectivity index (χ1) is 20.8. The fraction of sp³-hybridized carbons (Fsp3) is 0.914. The molecule has 256 valence electrons. The fourth-order valence-electron chi connectivity index (χ4n) is 12.0. The van der Waals surface area contributed by atoms with Crippen molar-refractivity contribution in [3.8, 4) is 0 Å². The largest absolute Gasteiger partial charge is 0.432 e. The van der Waals surface area contributed by atoms with Crippen LogP contribution in [0.4, 0.5) is 0 Å². The molecule has 0 aromatic carbocycles. The molecule has 0 aromatic heterocycles. The predicted molar refractivity (Wildman–Crippen MR) is 163 cm³/mol. The van der Waals surface area contributed by atoms with Gasteiger partial charge in [-0.2, -0.15) is 0 Å². The third kappa shape index (κ3) is 4.52. The molecule has 1 saturated heterocycles. The van der Waals surface area contributed by atoms with Gasteiger partial charge in [0.15, 0.2) is 0 Å². The van der Waals surface area contributed by atoms with Crippen molar-refractivity contribution in [2.75, 3.05) is 13.2 Å². The van der Waals surface area contributed by atoms with Crippen LogP contribution in [-0.2, 0) is 14.3 Å². The molecular formula is C35H56O10. The highest BCUT2D eigenvalue weighted by molar-refractivity contribution is 5.78. The molecule has 10 nitrogen and oxygen atoms in total. The van der Waals surface area contributed by atoms with E-state index >= 15 is 0 Å². The number of carbonyl (C=O) groups is 1. The molecule has 0 aromatic rings. The predicted octanol–water partition coefficient (Wildman–Crippen LogP) is 2.05. The molecule has 1 heterocycles. The molecule has 0 radical (unpaired) electrons. The first-order valence-electron chi connectivity index (χ1n) is 17.0. The Kier molecular flexibility index (Phi) is 8.03. The van der Waals surface area contributed by atoms with Gasteiger partial charge < -0.3 is 45.2 Å². The number of ether oxygens (including phenoxy) is 2. The second-order valence-corrected chi connectivity index (χ2v) is 17.5. The minimum atomic E-state index is -1.76. The lowest BCUT2D eigenvalue weighted by Crippen LogP contribution is -2.72. The molecular weight excluding hydrogens is 580 g/mol. The van der Waals surface area contributed by atoms with E-state index in [-0.39, 0.29) is 53.1 Å². The smallest absolute Gasteiger partial charge is 0.317 e. The van der Waals surface area contributed by atoms with Crippen molar-refractivity contribution in [1.82, 2.24) is 0 Å². The molecule has 4 saturated carbocycles. The molecule has 7 N–H and O–H groups in total. The van der Waals surface area contributed by atoms with E-state index in [0.717, 1.165) is 32.1 Å². The average molecular weight is 637 g/mol. The molecule has 0 unspecified atom stereocenters. The standard InChI is InChI=1S/C35H56O10/c1-30(2)9-11-35(17-36)12-10-32(4)18(19(35)13-30)7-8-23-31(3)14-21(38)27(42)34(6,26(31)20(37)15-33(23,32)5)29(43)45-28-25(41)24(40)22(39)16-44-28/h7,19-28,36-42H,8-17H2,1-6H3/t19-,20-,21+,22+,23-,24+,25-,26-,27+,28+,31-,32-,33-,34+,35-/m1/s1. The Hall–Kier alpha value is -1.11. The molecule has 6 aliphatic rings. The highest BCUT2D eigenvalue weighted by Gasteiger charge is 2.73. The minimum absolute atomic E-state index is 0.0341. The number of aliphatic hydroxyl groups excluding tert-OH is 7. The number of hydrogen-bond acceptors (Lipinski definition) is 10. The van der Waals surface area contributed by atoms with E-state index in [9.17, 15) is 40.5 Å². The first-order valence-corrected chi connectivity index (χ1v) is 17.0. The van der Waals surface area contributed by atoms with E-state index in [0.29, 0.717) is 12.8 Å². The number of esters is 1. The fourth-order valence-corrected chi connectivity index (χ4v) is 12.0. The Bertz CT molecular complexity index is 1220. The third-order valence-corrected chi connectivity index (χ3v) is 14.8. The molecule has 10 heteroatoms. The van der Waals surface area contributed by atoms with Crippen LogP contribution in [0.2, 0.25) is 0 Å². The summed E-state index contributed by atoms with van der Waals surface area (Å²) in [5.74, 6) is -1.50. The molecule has 0 spiro atoms. The van der Waals surface area contributed by atoms with Crippen molar-refractivity contribution < 1.29 is 50.0 Å². The Morgan fingerprint density at radius 1 is 0.867 bits per heavy atom. The van der Waals surface area contributed by atoms with Gasteiger partial charge in [0.05, 0.1) is 30.3 Å². The van der Waals surface area contributed by atoms with E-state index in [1.807, 2.05) is 6.92 Å². The van der Waals surface area contributed by atoms with Crippen LogP contribution < -0.4 is 0 Å². The molecule has 45 heavy (non-hydrogen) atoms. The van der Waals surface area contributed by atoms with Gasteiger partial charge in [-0.25, -0.2) is 0 Å². The van der Waals surface area contributed by atoms with Gasteiger partial charge in [0.2, 0.25) is 6.29 Å². The van der Waals surface area contributed by atoms with Crippen LogP contribution in [0.15, 0.2) is 11.6 Å². The van der Waals surface area contributed by atoms with Crippen LogP contribution in [0.1, 0.15) is 92.9 Å². The second-order valence-electron chi connectivity index (χ2n) is 17.5. The zero-order chi connectivity index (χ0) is 33.1. The highest BCUT2D eigenvalue weighted by atomic mass is 16.7. The van der Waals surface area contributed by atoms with Gasteiger partial charge in [-0.15, -0.1) is 0 Å². The van der Waals surface area contributed by atoms with Crippen LogP contribution >= 0.6 is 0 Å². The molecule has 1 aliphatic heterocycles. The number of aliphatic hydroxyl groups is 7. The van der Waals surface area contributed by atoms with Crippen molar-refractivity contribution in [1.29, 1.82) is 0 Å². The van der Waals surface area contributed by atoms with Gasteiger partial charge in [-0.1, -0.05) is 46.3 Å². The summed E-state index contributed by atoms with van der Waals surface area (Å²) in [5, 5.41) is 76.3. The van der Waals surface area contributed by atoms with Gasteiger partial charge in [0, 0.05) is 17.9 Å². The summed E-state index contributed by atoms with van der Waals surface area (Å²) >= 11 is 0. The monoisotopic (exact) mass is 636 g/mol. The number of hydrogen-bond donors (Lipinski definition) is 7. The van der Waals surface area contributed by atoms with Crippen molar-refractivity contribution in [3.05, 3.63) is 11.6 Å². The summed E-state index contributed by atoms with van der Waals surface area (Å²) in [6.07, 6.45) is -1.49. The number of rotatable bonds is 3. The van der Waals surface area contributed by atoms with Gasteiger partial charge >= 0.3 is 5.97 Å². The van der Waals surface area contributed by atoms with Crippen molar-refractivity contribution in [3.63, 3.8) is 0 Å². The van der Waals surface area contributed by atoms with E-state index in [1.165, 1.54) is 12.5 Å². The molecule has 6 rings (SSSR count). The maximum Gasteiger partial charge on any atom is 0.317 e. The highest BCUT2D eigenvalue weighted by Crippen LogP contribution is 2.75. The molecule has 15 atom stereocenters. The Balaban J connectivity index is 1.38. The summed E-state index contributed by atoms with van der Waals surface area (Å²) in [6.45, 7) is 12.6. The van der Waals surface area contributed by atoms with Crippen molar-refractivity contribution in [2.45, 2.75) is 136 Å². The zero-order valence-electron chi connectivity index (χ0n) is 27.8.